The number of phosphoric acid groups is 1. The Balaban J connectivity index is 2.46. The third-order valence-electron chi connectivity index (χ3n) is 9.61. The van der Waals surface area contributed by atoms with Gasteiger partial charge in [-0.2, -0.15) is 0 Å². The number of esters is 2. The van der Waals surface area contributed by atoms with Crippen LogP contribution in [0.2, 0.25) is 0 Å². The summed E-state index contributed by atoms with van der Waals surface area (Å²) in [5, 5.41) is 49.9. The number of carbonyl (C=O) groups excluding carboxylic acids is 2. The summed E-state index contributed by atoms with van der Waals surface area (Å²) in [6.45, 7) is 3.21. The van der Waals surface area contributed by atoms with E-state index in [0.717, 1.165) is 64.2 Å². The van der Waals surface area contributed by atoms with Crippen LogP contribution in [0.3, 0.4) is 0 Å². The maximum absolute atomic E-state index is 12.7. The van der Waals surface area contributed by atoms with Crippen LogP contribution in [-0.4, -0.2) is 98.3 Å². The molecule has 8 atom stereocenters. The topological polar surface area (TPSA) is 210 Å². The van der Waals surface area contributed by atoms with E-state index in [1.807, 2.05) is 0 Å². The van der Waals surface area contributed by atoms with Crippen molar-refractivity contribution in [1.29, 1.82) is 0 Å². The van der Waals surface area contributed by atoms with E-state index in [-0.39, 0.29) is 12.8 Å². The first-order valence-corrected chi connectivity index (χ1v) is 22.0. The molecular formula is C39H73O13P. The van der Waals surface area contributed by atoms with E-state index in [1.54, 1.807) is 0 Å². The van der Waals surface area contributed by atoms with Crippen LogP contribution in [0.15, 0.2) is 12.2 Å². The smallest absolute Gasteiger partial charge is 0.462 e. The maximum Gasteiger partial charge on any atom is 0.472 e. The molecule has 0 radical (unpaired) electrons. The van der Waals surface area contributed by atoms with E-state index in [2.05, 4.69) is 26.0 Å². The van der Waals surface area contributed by atoms with Crippen molar-refractivity contribution in [3.05, 3.63) is 12.2 Å². The van der Waals surface area contributed by atoms with E-state index >= 15 is 0 Å². The lowest BCUT2D eigenvalue weighted by Crippen LogP contribution is -2.64. The molecule has 0 amide bonds. The molecule has 0 aliphatic heterocycles. The first-order valence-electron chi connectivity index (χ1n) is 20.5. The molecule has 1 saturated carbocycles. The lowest BCUT2D eigenvalue weighted by Gasteiger charge is -2.41. The Kier molecular flexibility index (Phi) is 28.8. The molecule has 6 N–H and O–H groups in total. The van der Waals surface area contributed by atoms with E-state index in [9.17, 15) is 44.6 Å². The molecular weight excluding hydrogens is 707 g/mol. The number of ether oxygens (including phenoxy) is 2. The van der Waals surface area contributed by atoms with E-state index in [1.165, 1.54) is 64.2 Å². The minimum Gasteiger partial charge on any atom is -0.462 e. The Morgan fingerprint density at radius 2 is 0.962 bits per heavy atom. The number of hydrogen-bond acceptors (Lipinski definition) is 12. The van der Waals surface area contributed by atoms with Crippen molar-refractivity contribution in [2.45, 2.75) is 211 Å². The van der Waals surface area contributed by atoms with Crippen LogP contribution in [0, 0.1) is 0 Å². The van der Waals surface area contributed by atoms with Gasteiger partial charge in [-0.15, -0.1) is 0 Å². The Morgan fingerprint density at radius 3 is 1.45 bits per heavy atom. The third-order valence-corrected chi connectivity index (χ3v) is 10.6. The van der Waals surface area contributed by atoms with Crippen molar-refractivity contribution in [2.24, 2.45) is 0 Å². The normalized spacial score (nSPS) is 23.5. The molecule has 0 aromatic rings. The van der Waals surface area contributed by atoms with Gasteiger partial charge in [0.15, 0.2) is 6.10 Å². The molecule has 13 nitrogen and oxygen atoms in total. The number of allylic oxidation sites excluding steroid dienone is 2. The Hall–Kier alpha value is -1.41. The molecule has 53 heavy (non-hydrogen) atoms. The average Bonchev–Trinajstić information content (AvgIpc) is 3.13. The molecule has 14 heteroatoms. The van der Waals surface area contributed by atoms with Gasteiger partial charge in [0, 0.05) is 12.8 Å². The molecule has 0 heterocycles. The number of aliphatic hydroxyl groups is 5. The number of hydrogen-bond donors (Lipinski definition) is 6. The van der Waals surface area contributed by atoms with Crippen molar-refractivity contribution in [3.8, 4) is 0 Å². The number of aliphatic hydroxyl groups excluding tert-OH is 5. The quantitative estimate of drug-likeness (QED) is 0.0177. The highest BCUT2D eigenvalue weighted by Gasteiger charge is 2.51. The zero-order valence-electron chi connectivity index (χ0n) is 32.6. The van der Waals surface area contributed by atoms with Crippen molar-refractivity contribution in [2.75, 3.05) is 13.2 Å². The fraction of sp³-hybridized carbons (Fsp3) is 0.897. The molecule has 0 bridgehead atoms. The van der Waals surface area contributed by atoms with Gasteiger partial charge in [0.2, 0.25) is 0 Å². The summed E-state index contributed by atoms with van der Waals surface area (Å²) in [4.78, 5) is 35.4. The van der Waals surface area contributed by atoms with Crippen molar-refractivity contribution >= 4 is 19.8 Å². The summed E-state index contributed by atoms with van der Waals surface area (Å²) in [6.07, 6.45) is 15.9. The highest BCUT2D eigenvalue weighted by molar-refractivity contribution is 7.47. The standard InChI is InChI=1S/C39H73O13P/c1-3-5-7-9-11-12-13-14-15-16-17-18-19-20-22-24-26-28-33(41)51-31(29-49-32(40)27-25-23-21-10-8-6-4-2)30-50-53(47,48)52-39-37(45)35(43)34(42)36(44)38(39)46/h12-13,31,34-39,42-46H,3-11,14-30H2,1-2H3,(H,47,48)/b13-12+/t31-,34?,35-,36?,37?,38?,39?/m1/s1. The zero-order chi connectivity index (χ0) is 39.3. The monoisotopic (exact) mass is 780 g/mol. The van der Waals surface area contributed by atoms with Crippen LogP contribution in [0.4, 0.5) is 0 Å². The van der Waals surface area contributed by atoms with Gasteiger partial charge in [-0.25, -0.2) is 4.57 Å². The first-order chi connectivity index (χ1) is 25.4. The van der Waals surface area contributed by atoms with Crippen LogP contribution >= 0.6 is 7.82 Å². The molecule has 0 aromatic carbocycles. The fourth-order valence-electron chi connectivity index (χ4n) is 6.22. The van der Waals surface area contributed by atoms with E-state index < -0.39 is 75.7 Å². The molecule has 1 fully saturated rings. The molecule has 6 unspecified atom stereocenters. The predicted molar refractivity (Wildman–Crippen MR) is 203 cm³/mol. The second-order valence-electron chi connectivity index (χ2n) is 14.5. The summed E-state index contributed by atoms with van der Waals surface area (Å²) in [7, 11) is -5.10. The molecule has 1 rings (SSSR count). The minimum atomic E-state index is -5.10. The van der Waals surface area contributed by atoms with Gasteiger partial charge in [0.1, 0.15) is 43.2 Å². The highest BCUT2D eigenvalue weighted by atomic mass is 31.2. The van der Waals surface area contributed by atoms with Crippen LogP contribution in [0.25, 0.3) is 0 Å². The van der Waals surface area contributed by atoms with Gasteiger partial charge in [-0.3, -0.25) is 18.6 Å². The van der Waals surface area contributed by atoms with Crippen LogP contribution in [-0.2, 0) is 32.7 Å². The van der Waals surface area contributed by atoms with Gasteiger partial charge in [-0.05, 0) is 38.5 Å². The van der Waals surface area contributed by atoms with Gasteiger partial charge in [0.25, 0.3) is 0 Å². The number of phosphoric ester groups is 1. The van der Waals surface area contributed by atoms with Crippen molar-refractivity contribution < 1.29 is 63.1 Å². The molecule has 1 aliphatic carbocycles. The predicted octanol–water partition coefficient (Wildman–Crippen LogP) is 6.72. The minimum absolute atomic E-state index is 0.0977. The summed E-state index contributed by atoms with van der Waals surface area (Å²) in [6, 6.07) is 0. The van der Waals surface area contributed by atoms with Crippen LogP contribution in [0.1, 0.15) is 168 Å². The van der Waals surface area contributed by atoms with E-state index in [4.69, 9.17) is 18.5 Å². The summed E-state index contributed by atoms with van der Waals surface area (Å²) >= 11 is 0. The van der Waals surface area contributed by atoms with Crippen LogP contribution < -0.4 is 0 Å². The van der Waals surface area contributed by atoms with Crippen molar-refractivity contribution in [1.82, 2.24) is 0 Å². The fourth-order valence-corrected chi connectivity index (χ4v) is 7.19. The van der Waals surface area contributed by atoms with Crippen molar-refractivity contribution in [3.63, 3.8) is 0 Å². The summed E-state index contributed by atoms with van der Waals surface area (Å²) in [5.74, 6) is -1.10. The lowest BCUT2D eigenvalue weighted by atomic mass is 9.85. The largest absolute Gasteiger partial charge is 0.472 e. The third kappa shape index (κ3) is 24.0. The second-order valence-corrected chi connectivity index (χ2v) is 15.9. The summed E-state index contributed by atoms with van der Waals surface area (Å²) < 4.78 is 33.3. The zero-order valence-corrected chi connectivity index (χ0v) is 33.5. The number of unbranched alkanes of at least 4 members (excludes halogenated alkanes) is 19. The molecule has 0 spiro atoms. The SMILES string of the molecule is CCCCCC/C=C/CCCCCCCCCCCC(=O)O[C@H](COC(=O)CCCCCCCCC)COP(=O)(O)OC1C(O)C(O)C(O)[C@@H](O)C1O. The first kappa shape index (κ1) is 49.6. The summed E-state index contributed by atoms with van der Waals surface area (Å²) in [5.41, 5.74) is 0. The highest BCUT2D eigenvalue weighted by Crippen LogP contribution is 2.47. The number of carbonyl (C=O) groups is 2. The lowest BCUT2D eigenvalue weighted by molar-refractivity contribution is -0.220. The van der Waals surface area contributed by atoms with Gasteiger partial charge >= 0.3 is 19.8 Å². The van der Waals surface area contributed by atoms with Crippen LogP contribution in [0.5, 0.6) is 0 Å². The molecule has 0 aromatic heterocycles. The Bertz CT molecular complexity index is 996. The van der Waals surface area contributed by atoms with Gasteiger partial charge in [-0.1, -0.05) is 129 Å². The average molecular weight is 781 g/mol. The molecule has 0 saturated heterocycles. The Morgan fingerprint density at radius 1 is 0.566 bits per heavy atom. The number of rotatable bonds is 33. The Labute approximate surface area is 318 Å². The molecule has 1 aliphatic rings. The van der Waals surface area contributed by atoms with E-state index in [0.29, 0.717) is 12.8 Å². The second kappa shape index (κ2) is 30.8. The van der Waals surface area contributed by atoms with Gasteiger partial charge in [0.05, 0.1) is 6.61 Å². The maximum atomic E-state index is 12.7. The molecule has 312 valence electrons. The van der Waals surface area contributed by atoms with Gasteiger partial charge < -0.3 is 39.9 Å².